The second kappa shape index (κ2) is 3.57. The zero-order chi connectivity index (χ0) is 10.8. The first kappa shape index (κ1) is 9.45. The van der Waals surface area contributed by atoms with E-state index in [1.165, 1.54) is 0 Å². The van der Waals surface area contributed by atoms with Crippen LogP contribution in [0.1, 0.15) is 16.1 Å². The lowest BCUT2D eigenvalue weighted by Crippen LogP contribution is -2.12. The number of benzene rings is 1. The van der Waals surface area contributed by atoms with Crippen molar-refractivity contribution in [3.05, 3.63) is 41.6 Å². The summed E-state index contributed by atoms with van der Waals surface area (Å²) >= 11 is 0. The number of nitrogens with two attached hydrogens (primary N) is 1. The fourth-order valence-electron chi connectivity index (χ4n) is 1.42. The number of hydrogen-bond donors (Lipinski definition) is 1. The van der Waals surface area contributed by atoms with E-state index in [0.717, 1.165) is 5.56 Å². The molecule has 1 aromatic carbocycles. The molecule has 0 spiro atoms. The molecule has 4 nitrogen and oxygen atoms in total. The van der Waals surface area contributed by atoms with Crippen molar-refractivity contribution in [1.82, 2.24) is 5.16 Å². The second-order valence-corrected chi connectivity index (χ2v) is 3.22. The summed E-state index contributed by atoms with van der Waals surface area (Å²) in [4.78, 5) is 11.0. The van der Waals surface area contributed by atoms with Gasteiger partial charge in [0.15, 0.2) is 11.5 Å². The fraction of sp³-hybridized carbons (Fsp3) is 0.0909. The molecule has 0 unspecified atom stereocenters. The van der Waals surface area contributed by atoms with Crippen molar-refractivity contribution in [3.63, 3.8) is 0 Å². The fourth-order valence-corrected chi connectivity index (χ4v) is 1.42. The predicted molar refractivity (Wildman–Crippen MR) is 55.2 cm³/mol. The first-order valence-corrected chi connectivity index (χ1v) is 4.51. The van der Waals surface area contributed by atoms with Gasteiger partial charge in [0.25, 0.3) is 5.91 Å². The van der Waals surface area contributed by atoms with E-state index in [-0.39, 0.29) is 5.69 Å². The Hall–Kier alpha value is -2.10. The topological polar surface area (TPSA) is 69.1 Å². The summed E-state index contributed by atoms with van der Waals surface area (Å²) in [6, 6.07) is 9.46. The van der Waals surface area contributed by atoms with Gasteiger partial charge in [0.05, 0.1) is 0 Å². The number of hydrogen-bond acceptors (Lipinski definition) is 3. The minimum atomic E-state index is -0.571. The number of primary amides is 1. The Morgan fingerprint density at radius 2 is 2.00 bits per heavy atom. The van der Waals surface area contributed by atoms with Gasteiger partial charge in [-0.3, -0.25) is 4.79 Å². The van der Waals surface area contributed by atoms with E-state index in [2.05, 4.69) is 5.16 Å². The quantitative estimate of drug-likeness (QED) is 0.806. The van der Waals surface area contributed by atoms with Crippen molar-refractivity contribution >= 4 is 5.91 Å². The maximum Gasteiger partial charge on any atom is 0.271 e. The lowest BCUT2D eigenvalue weighted by molar-refractivity contribution is 0.0991. The van der Waals surface area contributed by atoms with E-state index in [0.29, 0.717) is 11.3 Å². The third-order valence-electron chi connectivity index (χ3n) is 2.19. The van der Waals surface area contributed by atoms with E-state index < -0.39 is 5.91 Å². The standard InChI is InChI=1S/C11H10N2O2/c1-7-9(11(12)14)13-15-10(7)8-5-3-2-4-6-8/h2-6H,1H3,(H2,12,14). The van der Waals surface area contributed by atoms with Gasteiger partial charge in [0, 0.05) is 11.1 Å². The maximum absolute atomic E-state index is 11.0. The lowest BCUT2D eigenvalue weighted by atomic mass is 10.1. The molecule has 0 saturated heterocycles. The van der Waals surface area contributed by atoms with Gasteiger partial charge in [0.1, 0.15) is 0 Å². The Morgan fingerprint density at radius 3 is 2.53 bits per heavy atom. The molecule has 0 atom stereocenters. The summed E-state index contributed by atoms with van der Waals surface area (Å²) in [5, 5.41) is 3.64. The maximum atomic E-state index is 11.0. The first-order chi connectivity index (χ1) is 7.20. The summed E-state index contributed by atoms with van der Waals surface area (Å²) in [7, 11) is 0. The largest absolute Gasteiger partial charge is 0.364 e. The van der Waals surface area contributed by atoms with Gasteiger partial charge < -0.3 is 10.3 Å². The summed E-state index contributed by atoms with van der Waals surface area (Å²) in [6.07, 6.45) is 0. The molecular weight excluding hydrogens is 192 g/mol. The Labute approximate surface area is 86.7 Å². The molecule has 0 fully saturated rings. The van der Waals surface area contributed by atoms with E-state index in [9.17, 15) is 4.79 Å². The van der Waals surface area contributed by atoms with Crippen LogP contribution in [-0.2, 0) is 0 Å². The van der Waals surface area contributed by atoms with E-state index >= 15 is 0 Å². The summed E-state index contributed by atoms with van der Waals surface area (Å²) in [5.41, 5.74) is 6.89. The van der Waals surface area contributed by atoms with Crippen LogP contribution < -0.4 is 5.73 Å². The Bertz CT molecular complexity index is 489. The van der Waals surface area contributed by atoms with Crippen molar-refractivity contribution in [3.8, 4) is 11.3 Å². The predicted octanol–water partition coefficient (Wildman–Crippen LogP) is 1.75. The van der Waals surface area contributed by atoms with Crippen LogP contribution in [0.5, 0.6) is 0 Å². The van der Waals surface area contributed by atoms with Gasteiger partial charge in [0.2, 0.25) is 0 Å². The Morgan fingerprint density at radius 1 is 1.33 bits per heavy atom. The SMILES string of the molecule is Cc1c(C(N)=O)noc1-c1ccccc1. The summed E-state index contributed by atoms with van der Waals surface area (Å²) < 4.78 is 5.09. The van der Waals surface area contributed by atoms with E-state index in [4.69, 9.17) is 10.3 Å². The van der Waals surface area contributed by atoms with Gasteiger partial charge in [-0.1, -0.05) is 35.5 Å². The third kappa shape index (κ3) is 1.61. The van der Waals surface area contributed by atoms with Crippen LogP contribution in [0, 0.1) is 6.92 Å². The number of amides is 1. The van der Waals surface area contributed by atoms with Crippen LogP contribution in [0.15, 0.2) is 34.9 Å². The number of nitrogens with zero attached hydrogens (tertiary/aromatic N) is 1. The molecule has 76 valence electrons. The van der Waals surface area contributed by atoms with E-state index in [1.807, 2.05) is 30.3 Å². The molecule has 4 heteroatoms. The molecule has 0 saturated carbocycles. The molecule has 2 rings (SSSR count). The highest BCUT2D eigenvalue weighted by atomic mass is 16.5. The zero-order valence-electron chi connectivity index (χ0n) is 8.23. The van der Waals surface area contributed by atoms with Gasteiger partial charge in [-0.05, 0) is 6.92 Å². The molecule has 0 aliphatic carbocycles. The van der Waals surface area contributed by atoms with Crippen molar-refractivity contribution in [1.29, 1.82) is 0 Å². The zero-order valence-corrected chi connectivity index (χ0v) is 8.23. The smallest absolute Gasteiger partial charge is 0.271 e. The molecule has 1 heterocycles. The molecule has 15 heavy (non-hydrogen) atoms. The molecule has 1 amide bonds. The number of aromatic nitrogens is 1. The van der Waals surface area contributed by atoms with Crippen LogP contribution in [0.2, 0.25) is 0 Å². The molecule has 0 bridgehead atoms. The van der Waals surface area contributed by atoms with Crippen molar-refractivity contribution < 1.29 is 9.32 Å². The van der Waals surface area contributed by atoms with Gasteiger partial charge in [-0.2, -0.15) is 0 Å². The Balaban J connectivity index is 2.52. The molecule has 2 N–H and O–H groups in total. The second-order valence-electron chi connectivity index (χ2n) is 3.22. The highest BCUT2D eigenvalue weighted by Gasteiger charge is 2.16. The normalized spacial score (nSPS) is 10.2. The summed E-state index contributed by atoms with van der Waals surface area (Å²) in [6.45, 7) is 1.76. The monoisotopic (exact) mass is 202 g/mol. The van der Waals surface area contributed by atoms with E-state index in [1.54, 1.807) is 6.92 Å². The van der Waals surface area contributed by atoms with Crippen LogP contribution >= 0.6 is 0 Å². The minimum Gasteiger partial charge on any atom is -0.364 e. The van der Waals surface area contributed by atoms with Gasteiger partial charge in [-0.15, -0.1) is 0 Å². The van der Waals surface area contributed by atoms with Gasteiger partial charge >= 0.3 is 0 Å². The van der Waals surface area contributed by atoms with Crippen LogP contribution in [0.25, 0.3) is 11.3 Å². The highest BCUT2D eigenvalue weighted by Crippen LogP contribution is 2.24. The number of carbonyl (C=O) groups excluding carboxylic acids is 1. The molecule has 0 radical (unpaired) electrons. The number of rotatable bonds is 2. The van der Waals surface area contributed by atoms with Crippen molar-refractivity contribution in [2.24, 2.45) is 5.73 Å². The lowest BCUT2D eigenvalue weighted by Gasteiger charge is -1.95. The van der Waals surface area contributed by atoms with Crippen LogP contribution in [0.3, 0.4) is 0 Å². The van der Waals surface area contributed by atoms with Crippen LogP contribution in [0.4, 0.5) is 0 Å². The molecule has 1 aromatic heterocycles. The Kier molecular flexibility index (Phi) is 2.25. The number of carbonyl (C=O) groups is 1. The molecular formula is C11H10N2O2. The first-order valence-electron chi connectivity index (χ1n) is 4.51. The molecule has 2 aromatic rings. The average molecular weight is 202 g/mol. The average Bonchev–Trinajstić information content (AvgIpc) is 2.61. The van der Waals surface area contributed by atoms with Crippen molar-refractivity contribution in [2.75, 3.05) is 0 Å². The minimum absolute atomic E-state index is 0.189. The highest BCUT2D eigenvalue weighted by molar-refractivity contribution is 5.93. The summed E-state index contributed by atoms with van der Waals surface area (Å²) in [5.74, 6) is 0.0165. The molecule has 0 aliphatic heterocycles. The molecule has 0 aliphatic rings. The third-order valence-corrected chi connectivity index (χ3v) is 2.19. The van der Waals surface area contributed by atoms with Crippen molar-refractivity contribution in [2.45, 2.75) is 6.92 Å². The van der Waals surface area contributed by atoms with Crippen LogP contribution in [-0.4, -0.2) is 11.1 Å². The van der Waals surface area contributed by atoms with Gasteiger partial charge in [-0.25, -0.2) is 0 Å².